The van der Waals surface area contributed by atoms with Crippen LogP contribution < -0.4 is 0 Å². The number of fused-ring (bicyclic) bond motifs is 4. The molecule has 6 rings (SSSR count). The molecule has 6 aliphatic rings. The van der Waals surface area contributed by atoms with Gasteiger partial charge in [-0.3, -0.25) is 9.59 Å². The number of hydrogen-bond donors (Lipinski definition) is 2. The van der Waals surface area contributed by atoms with E-state index in [4.69, 9.17) is 37.6 Å². The molecule has 3 spiro atoms. The van der Waals surface area contributed by atoms with Crippen molar-refractivity contribution in [2.24, 2.45) is 23.7 Å². The van der Waals surface area contributed by atoms with Crippen molar-refractivity contribution in [3.63, 3.8) is 0 Å². The van der Waals surface area contributed by atoms with Gasteiger partial charge in [0.1, 0.15) is 11.6 Å². The summed E-state index contributed by atoms with van der Waals surface area (Å²) < 4.78 is 52.5. The molecule has 0 aromatic heterocycles. The van der Waals surface area contributed by atoms with Crippen molar-refractivity contribution < 1.29 is 67.0 Å². The summed E-state index contributed by atoms with van der Waals surface area (Å²) in [7, 11) is 0. The Kier molecular flexibility index (Phi) is 16.1. The Morgan fingerprint density at radius 2 is 0.885 bits per heavy atom. The van der Waals surface area contributed by atoms with E-state index >= 15 is 0 Å². The fraction of sp³-hybridized carbons (Fsp3) is 0.739. The molecule has 2 N–H and O–H groups in total. The Morgan fingerprint density at radius 3 is 1.26 bits per heavy atom. The van der Waals surface area contributed by atoms with Crippen molar-refractivity contribution in [3.8, 4) is 0 Å². The quantitative estimate of drug-likeness (QED) is 0.201. The molecule has 0 aromatic rings. The number of esters is 2. The number of aliphatic hydroxyl groups excluding tert-OH is 2. The van der Waals surface area contributed by atoms with E-state index in [0.29, 0.717) is 77.0 Å². The lowest BCUT2D eigenvalue weighted by atomic mass is 9.82. The number of aliphatic hydroxyl groups is 2. The maximum Gasteiger partial charge on any atom is 0.536 e. The predicted octanol–water partition coefficient (Wildman–Crippen LogP) is 6.42. The highest BCUT2D eigenvalue weighted by Crippen LogP contribution is 2.55. The van der Waals surface area contributed by atoms with Gasteiger partial charge in [0.05, 0.1) is 36.6 Å². The summed E-state index contributed by atoms with van der Waals surface area (Å²) in [4.78, 5) is 56.4. The topological polar surface area (TPSA) is 183 Å². The SMILES string of the molecule is C[C@@H]1C(=O)C[C@@H](O)CC/C=C\C=C\CC[C@H](C)OC(=O)[C@@H]2O[B-]34O[C@@H](C(=O)O[C@@H](C)CC/C=C\C=C\CC[C@H](O)CC(=O)[C@@H](C)[C@@H]5CC[C@@H](C)[C@]2(O5)O3)[C@@]2(O[C@H]1CC[C@H]2C)O4. The second-order valence-corrected chi connectivity index (χ2v) is 18.3. The Bertz CT molecular complexity index is 1560. The number of Topliss-reactive ketones (excluding diaryl/α,β-unsaturated/α-hetero) is 2. The normalized spacial score (nSPS) is 46.2. The molecule has 4 saturated heterocycles. The minimum Gasteiger partial charge on any atom is -0.504 e. The molecule has 7 bridgehead atoms. The van der Waals surface area contributed by atoms with Crippen molar-refractivity contribution in [1.29, 1.82) is 0 Å². The smallest absolute Gasteiger partial charge is 0.504 e. The molecule has 61 heavy (non-hydrogen) atoms. The van der Waals surface area contributed by atoms with E-state index in [0.717, 1.165) is 0 Å². The molecular weight excluding hydrogens is 787 g/mol. The van der Waals surface area contributed by atoms with Gasteiger partial charge < -0.3 is 47.8 Å². The molecule has 14 nitrogen and oxygen atoms in total. The lowest BCUT2D eigenvalue weighted by molar-refractivity contribution is -0.294. The minimum absolute atomic E-state index is 0.0710. The first-order valence-electron chi connectivity index (χ1n) is 22.8. The van der Waals surface area contributed by atoms with Crippen LogP contribution in [0, 0.1) is 23.7 Å². The van der Waals surface area contributed by atoms with Gasteiger partial charge in [0.15, 0.2) is 23.8 Å². The van der Waals surface area contributed by atoms with Crippen LogP contribution in [0.25, 0.3) is 0 Å². The molecule has 4 fully saturated rings. The van der Waals surface area contributed by atoms with E-state index in [9.17, 15) is 29.4 Å². The standard InChI is InChI=1S/C46H68BO14/c1-29-23-25-39-33(5)37(50)27-35(48)21-17-13-10-8-12-16-20-32(4)55-44(53)42-46-30(2)24-26-40(57-46)34(6)38(51)28-36(49)22-18-14-9-7-11-15-19-31(3)54-43(52)41-45(29,56-39)60-47(58-41,59-42)61-46/h7-14,29-36,39-42,48-49H,15-28H2,1-6H3/q-1/b11-7-,12-8+,13-10-,14-9+/t29-,30-,31+,32+,33-,34-,35+,36+,39+,40+,41+,42+,45+,46+,47?/m1/s1. The van der Waals surface area contributed by atoms with E-state index in [1.807, 2.05) is 62.5 Å². The monoisotopic (exact) mass is 855 g/mol. The molecule has 15 atom stereocenters. The van der Waals surface area contributed by atoms with Gasteiger partial charge in [0.25, 0.3) is 0 Å². The second kappa shape index (κ2) is 20.7. The minimum atomic E-state index is -3.51. The fourth-order valence-corrected chi connectivity index (χ4v) is 9.42. The Hall–Kier alpha value is -3.02. The Labute approximate surface area is 360 Å². The lowest BCUT2D eigenvalue weighted by Gasteiger charge is -2.49. The average molecular weight is 856 g/mol. The molecule has 6 aliphatic heterocycles. The maximum atomic E-state index is 14.5. The summed E-state index contributed by atoms with van der Waals surface area (Å²) in [5.74, 6) is -8.24. The van der Waals surface area contributed by atoms with E-state index in [2.05, 4.69) is 0 Å². The van der Waals surface area contributed by atoms with Gasteiger partial charge >= 0.3 is 18.9 Å². The number of ketones is 2. The second-order valence-electron chi connectivity index (χ2n) is 18.3. The van der Waals surface area contributed by atoms with Crippen LogP contribution in [0.3, 0.4) is 0 Å². The molecule has 6 heterocycles. The van der Waals surface area contributed by atoms with Crippen LogP contribution in [0.2, 0.25) is 0 Å². The summed E-state index contributed by atoms with van der Waals surface area (Å²) in [6.07, 6.45) is 13.6. The third-order valence-electron chi connectivity index (χ3n) is 13.5. The molecular formula is C46H68BO14-. The van der Waals surface area contributed by atoms with Gasteiger partial charge in [-0.05, 0) is 90.9 Å². The van der Waals surface area contributed by atoms with E-state index < -0.39 is 103 Å². The molecule has 340 valence electrons. The number of cyclic esters (lactones) is 2. The highest BCUT2D eigenvalue weighted by atomic mass is 17.0. The van der Waals surface area contributed by atoms with Crippen LogP contribution >= 0.6 is 0 Å². The third kappa shape index (κ3) is 11.0. The van der Waals surface area contributed by atoms with Gasteiger partial charge in [-0.1, -0.05) is 76.3 Å². The van der Waals surface area contributed by atoms with Crippen LogP contribution in [0.1, 0.15) is 131 Å². The number of allylic oxidation sites excluding steroid dienone is 8. The van der Waals surface area contributed by atoms with Crippen LogP contribution in [0.15, 0.2) is 48.6 Å². The zero-order valence-corrected chi connectivity index (χ0v) is 36.8. The summed E-state index contributed by atoms with van der Waals surface area (Å²) in [6, 6.07) is 0. The van der Waals surface area contributed by atoms with Crippen molar-refractivity contribution in [3.05, 3.63) is 48.6 Å². The lowest BCUT2D eigenvalue weighted by Crippen LogP contribution is -2.59. The van der Waals surface area contributed by atoms with E-state index in [1.54, 1.807) is 27.7 Å². The summed E-state index contributed by atoms with van der Waals surface area (Å²) in [5, 5.41) is 21.7. The number of rotatable bonds is 0. The Balaban J connectivity index is 1.43. The number of ether oxygens (including phenoxy) is 4. The molecule has 0 aromatic carbocycles. The van der Waals surface area contributed by atoms with E-state index in [1.165, 1.54) is 0 Å². The van der Waals surface area contributed by atoms with Gasteiger partial charge in [0.2, 0.25) is 0 Å². The molecule has 1 unspecified atom stereocenters. The van der Waals surface area contributed by atoms with Crippen molar-refractivity contribution in [1.82, 2.24) is 0 Å². The van der Waals surface area contributed by atoms with Gasteiger partial charge in [-0.15, -0.1) is 0 Å². The van der Waals surface area contributed by atoms with Crippen molar-refractivity contribution >= 4 is 30.5 Å². The van der Waals surface area contributed by atoms with Crippen LogP contribution in [-0.2, 0) is 56.7 Å². The largest absolute Gasteiger partial charge is 0.536 e. The highest BCUT2D eigenvalue weighted by molar-refractivity contribution is 6.56. The summed E-state index contributed by atoms with van der Waals surface area (Å²) in [5.41, 5.74) is 0. The first-order valence-corrected chi connectivity index (χ1v) is 22.8. The highest BCUT2D eigenvalue weighted by Gasteiger charge is 2.72. The zero-order chi connectivity index (χ0) is 44.0. The third-order valence-corrected chi connectivity index (χ3v) is 13.5. The maximum absolute atomic E-state index is 14.5. The summed E-state index contributed by atoms with van der Waals surface area (Å²) >= 11 is 0. The van der Waals surface area contributed by atoms with Crippen LogP contribution in [-0.4, -0.2) is 101 Å². The van der Waals surface area contributed by atoms with Gasteiger partial charge in [0, 0.05) is 36.5 Å². The molecule has 0 aliphatic carbocycles. The summed E-state index contributed by atoms with van der Waals surface area (Å²) in [6.45, 7) is 7.23. The number of carbonyl (C=O) groups excluding carboxylic acids is 4. The number of carbonyl (C=O) groups is 4. The predicted molar refractivity (Wildman–Crippen MR) is 224 cm³/mol. The van der Waals surface area contributed by atoms with Gasteiger partial charge in [-0.25, -0.2) is 9.59 Å². The molecule has 0 saturated carbocycles. The zero-order valence-electron chi connectivity index (χ0n) is 36.8. The molecule has 0 radical (unpaired) electrons. The molecule has 15 heteroatoms. The first-order chi connectivity index (χ1) is 29.1. The Morgan fingerprint density at radius 1 is 0.525 bits per heavy atom. The van der Waals surface area contributed by atoms with Crippen molar-refractivity contribution in [2.75, 3.05) is 0 Å². The first kappa shape index (κ1) is 47.5. The van der Waals surface area contributed by atoms with Crippen molar-refractivity contribution in [2.45, 2.75) is 192 Å². The van der Waals surface area contributed by atoms with Crippen LogP contribution in [0.4, 0.5) is 0 Å². The molecule has 0 amide bonds. The average Bonchev–Trinajstić information content (AvgIpc) is 3.70. The van der Waals surface area contributed by atoms with E-state index in [-0.39, 0.29) is 24.4 Å². The number of hydrogen-bond acceptors (Lipinski definition) is 14. The fourth-order valence-electron chi connectivity index (χ4n) is 9.42. The van der Waals surface area contributed by atoms with Crippen LogP contribution in [0.5, 0.6) is 0 Å². The van der Waals surface area contributed by atoms with Gasteiger partial charge in [-0.2, -0.15) is 0 Å².